The standard InChI is InChI=1S/C19H21N5O/c1-13(2)25-18-9-8-15(11-21-18)16-12-24(23-22-16)17-7-3-5-14-6-4-10-20-19(14)17/h4,6,8-13,17H,3,5,7H2,1-2H3/t17-/m0/s1. The van der Waals surface area contributed by atoms with Gasteiger partial charge in [-0.15, -0.1) is 5.10 Å². The molecule has 0 aromatic carbocycles. The van der Waals surface area contributed by atoms with Crippen LogP contribution in [0.15, 0.2) is 42.9 Å². The Bertz CT molecular complexity index is 856. The first kappa shape index (κ1) is 15.7. The fourth-order valence-electron chi connectivity index (χ4n) is 3.25. The van der Waals surface area contributed by atoms with E-state index in [9.17, 15) is 0 Å². The molecule has 25 heavy (non-hydrogen) atoms. The van der Waals surface area contributed by atoms with Gasteiger partial charge in [0.2, 0.25) is 5.88 Å². The molecule has 1 atom stereocenters. The number of aromatic nitrogens is 5. The van der Waals surface area contributed by atoms with Gasteiger partial charge in [0.15, 0.2) is 0 Å². The van der Waals surface area contributed by atoms with Crippen LogP contribution in [0.4, 0.5) is 0 Å². The molecule has 6 heteroatoms. The second-order valence-corrected chi connectivity index (χ2v) is 6.59. The molecule has 0 radical (unpaired) electrons. The van der Waals surface area contributed by atoms with E-state index in [0.29, 0.717) is 5.88 Å². The smallest absolute Gasteiger partial charge is 0.213 e. The van der Waals surface area contributed by atoms with Gasteiger partial charge in [0.25, 0.3) is 0 Å². The zero-order valence-electron chi connectivity index (χ0n) is 14.5. The average Bonchev–Trinajstić information content (AvgIpc) is 3.11. The number of pyridine rings is 2. The maximum atomic E-state index is 5.58. The molecule has 0 N–H and O–H groups in total. The van der Waals surface area contributed by atoms with Crippen LogP contribution in [-0.4, -0.2) is 31.1 Å². The third-order valence-electron chi connectivity index (χ3n) is 4.38. The lowest BCUT2D eigenvalue weighted by molar-refractivity contribution is 0.232. The van der Waals surface area contributed by atoms with Crippen molar-refractivity contribution in [3.05, 3.63) is 54.1 Å². The van der Waals surface area contributed by atoms with E-state index < -0.39 is 0 Å². The molecule has 0 bridgehead atoms. The molecule has 0 spiro atoms. The van der Waals surface area contributed by atoms with E-state index in [2.05, 4.69) is 26.3 Å². The zero-order chi connectivity index (χ0) is 17.2. The molecule has 6 nitrogen and oxygen atoms in total. The minimum absolute atomic E-state index is 0.109. The van der Waals surface area contributed by atoms with Crippen molar-refractivity contribution in [3.8, 4) is 17.1 Å². The van der Waals surface area contributed by atoms with Gasteiger partial charge in [-0.1, -0.05) is 11.3 Å². The van der Waals surface area contributed by atoms with Crippen LogP contribution in [0.3, 0.4) is 0 Å². The second kappa shape index (κ2) is 6.63. The van der Waals surface area contributed by atoms with Crippen molar-refractivity contribution in [2.75, 3.05) is 0 Å². The number of hydrogen-bond acceptors (Lipinski definition) is 5. The summed E-state index contributed by atoms with van der Waals surface area (Å²) in [5, 5.41) is 8.68. The van der Waals surface area contributed by atoms with E-state index in [4.69, 9.17) is 4.74 Å². The Kier molecular flexibility index (Phi) is 4.17. The van der Waals surface area contributed by atoms with Crippen LogP contribution >= 0.6 is 0 Å². The van der Waals surface area contributed by atoms with Crippen LogP contribution < -0.4 is 4.74 Å². The molecule has 0 saturated carbocycles. The highest BCUT2D eigenvalue weighted by Crippen LogP contribution is 2.31. The van der Waals surface area contributed by atoms with Crippen LogP contribution in [0.2, 0.25) is 0 Å². The number of nitrogens with zero attached hydrogens (tertiary/aromatic N) is 5. The van der Waals surface area contributed by atoms with Crippen molar-refractivity contribution in [2.24, 2.45) is 0 Å². The Morgan fingerprint density at radius 1 is 1.20 bits per heavy atom. The summed E-state index contributed by atoms with van der Waals surface area (Å²) in [6, 6.07) is 8.14. The highest BCUT2D eigenvalue weighted by Gasteiger charge is 2.24. The van der Waals surface area contributed by atoms with Crippen LogP contribution in [0.1, 0.15) is 44.0 Å². The predicted molar refractivity (Wildman–Crippen MR) is 94.3 cm³/mol. The molecule has 0 aliphatic heterocycles. The molecule has 0 saturated heterocycles. The highest BCUT2D eigenvalue weighted by molar-refractivity contribution is 5.56. The van der Waals surface area contributed by atoms with E-state index in [1.807, 2.05) is 49.1 Å². The molecule has 3 aromatic heterocycles. The van der Waals surface area contributed by atoms with Gasteiger partial charge in [-0.2, -0.15) is 0 Å². The lowest BCUT2D eigenvalue weighted by atomic mass is 9.92. The summed E-state index contributed by atoms with van der Waals surface area (Å²) in [6.07, 6.45) is 8.98. The number of fused-ring (bicyclic) bond motifs is 1. The van der Waals surface area contributed by atoms with E-state index in [1.165, 1.54) is 5.56 Å². The van der Waals surface area contributed by atoms with E-state index in [-0.39, 0.29) is 12.1 Å². The molecule has 0 amide bonds. The van der Waals surface area contributed by atoms with Gasteiger partial charge in [0.05, 0.1) is 24.0 Å². The van der Waals surface area contributed by atoms with Crippen molar-refractivity contribution in [1.82, 2.24) is 25.0 Å². The lowest BCUT2D eigenvalue weighted by Crippen LogP contribution is -2.19. The molecule has 0 unspecified atom stereocenters. The largest absolute Gasteiger partial charge is 0.475 e. The van der Waals surface area contributed by atoms with Gasteiger partial charge in [-0.05, 0) is 50.8 Å². The van der Waals surface area contributed by atoms with Gasteiger partial charge in [0.1, 0.15) is 5.69 Å². The van der Waals surface area contributed by atoms with Crippen molar-refractivity contribution in [2.45, 2.75) is 45.3 Å². The topological polar surface area (TPSA) is 65.7 Å². The molecule has 0 fully saturated rings. The molecular weight excluding hydrogens is 314 g/mol. The summed E-state index contributed by atoms with van der Waals surface area (Å²) in [7, 11) is 0. The SMILES string of the molecule is CC(C)Oc1ccc(-c2cn([C@H]3CCCc4cccnc43)nn2)cn1. The molecule has 4 rings (SSSR count). The molecular formula is C19H21N5O. The summed E-state index contributed by atoms with van der Waals surface area (Å²) in [5.41, 5.74) is 4.17. The monoisotopic (exact) mass is 335 g/mol. The van der Waals surface area contributed by atoms with Gasteiger partial charge < -0.3 is 4.74 Å². The van der Waals surface area contributed by atoms with Crippen molar-refractivity contribution < 1.29 is 4.74 Å². The van der Waals surface area contributed by atoms with Gasteiger partial charge in [0, 0.05) is 24.0 Å². The average molecular weight is 335 g/mol. The highest BCUT2D eigenvalue weighted by atomic mass is 16.5. The Hall–Kier alpha value is -2.76. The predicted octanol–water partition coefficient (Wildman–Crippen LogP) is 3.45. The summed E-state index contributed by atoms with van der Waals surface area (Å²) < 4.78 is 7.51. The molecule has 128 valence electrons. The summed E-state index contributed by atoms with van der Waals surface area (Å²) in [6.45, 7) is 3.97. The minimum atomic E-state index is 0.109. The number of ether oxygens (including phenoxy) is 1. The summed E-state index contributed by atoms with van der Waals surface area (Å²) in [4.78, 5) is 8.92. The van der Waals surface area contributed by atoms with Gasteiger partial charge in [-0.3, -0.25) is 4.98 Å². The van der Waals surface area contributed by atoms with Crippen molar-refractivity contribution in [3.63, 3.8) is 0 Å². The first-order chi connectivity index (χ1) is 12.2. The van der Waals surface area contributed by atoms with E-state index in [1.54, 1.807) is 6.20 Å². The second-order valence-electron chi connectivity index (χ2n) is 6.59. The minimum Gasteiger partial charge on any atom is -0.475 e. The number of rotatable bonds is 4. The molecule has 1 aliphatic rings. The molecule has 1 aliphatic carbocycles. The number of hydrogen-bond donors (Lipinski definition) is 0. The van der Waals surface area contributed by atoms with Gasteiger partial charge in [-0.25, -0.2) is 9.67 Å². The first-order valence-corrected chi connectivity index (χ1v) is 8.69. The Morgan fingerprint density at radius 2 is 2.12 bits per heavy atom. The Balaban J connectivity index is 1.59. The van der Waals surface area contributed by atoms with Crippen LogP contribution in [-0.2, 0) is 6.42 Å². The fraction of sp³-hybridized carbons (Fsp3) is 0.368. The summed E-state index contributed by atoms with van der Waals surface area (Å²) in [5.74, 6) is 0.622. The number of aryl methyl sites for hydroxylation is 1. The van der Waals surface area contributed by atoms with Crippen molar-refractivity contribution >= 4 is 0 Å². The van der Waals surface area contributed by atoms with Crippen LogP contribution in [0, 0.1) is 0 Å². The Labute approximate surface area is 146 Å². The third kappa shape index (κ3) is 3.24. The lowest BCUT2D eigenvalue weighted by Gasteiger charge is -2.23. The summed E-state index contributed by atoms with van der Waals surface area (Å²) >= 11 is 0. The molecule has 3 heterocycles. The maximum Gasteiger partial charge on any atom is 0.213 e. The van der Waals surface area contributed by atoms with Crippen molar-refractivity contribution in [1.29, 1.82) is 0 Å². The maximum absolute atomic E-state index is 5.58. The Morgan fingerprint density at radius 3 is 2.92 bits per heavy atom. The van der Waals surface area contributed by atoms with Crippen LogP contribution in [0.5, 0.6) is 5.88 Å². The fourth-order valence-corrected chi connectivity index (χ4v) is 3.25. The molecule has 3 aromatic rings. The normalized spacial score (nSPS) is 16.7. The van der Waals surface area contributed by atoms with Gasteiger partial charge >= 0.3 is 0 Å². The van der Waals surface area contributed by atoms with E-state index >= 15 is 0 Å². The van der Waals surface area contributed by atoms with Crippen LogP contribution in [0.25, 0.3) is 11.3 Å². The first-order valence-electron chi connectivity index (χ1n) is 8.69. The van der Waals surface area contributed by atoms with E-state index in [0.717, 1.165) is 36.2 Å². The zero-order valence-corrected chi connectivity index (χ0v) is 14.5. The quantitative estimate of drug-likeness (QED) is 0.730. The third-order valence-corrected chi connectivity index (χ3v) is 4.38.